The molecular weight excluding hydrogens is 807 g/mol. The van der Waals surface area contributed by atoms with E-state index in [1.54, 1.807) is 0 Å². The molecule has 55 heavy (non-hydrogen) atoms. The molecule has 21 heteroatoms. The van der Waals surface area contributed by atoms with Crippen LogP contribution in [0.1, 0.15) is 38.1 Å². The summed E-state index contributed by atoms with van der Waals surface area (Å²) in [5, 5.41) is 7.45. The minimum atomic E-state index is -1.45. The second-order valence-corrected chi connectivity index (χ2v) is 14.7. The van der Waals surface area contributed by atoms with E-state index in [1.807, 2.05) is 0 Å². The van der Waals surface area contributed by atoms with E-state index in [9.17, 15) is 51.9 Å². The van der Waals surface area contributed by atoms with Crippen LogP contribution in [0.2, 0.25) is 0 Å². The summed E-state index contributed by atoms with van der Waals surface area (Å²) >= 11 is 5.75. The lowest BCUT2D eigenvalue weighted by molar-refractivity contribution is -0.144. The molecule has 0 aliphatic rings. The standard InChI is InChI=1S/C34H38F2N4O11S4/c1-16(41)37-25(12-52)33(48)54-14-27(39-18(3)43)31(46)51-29-9-6-20(22-8-7-21(35)11-24(22)36)10-23(29)32(47)53-15-28(40-19(4)44)34(49)55-13-26(30(45)50-5)38-17(2)42/h6-11,25-28,52H,12-15H2,1-5H3,(H,37,41)(H,38,42)(H,39,43)(H,40,44). The molecular formula is C34H38F2N4O11S4. The lowest BCUT2D eigenvalue weighted by Gasteiger charge is -2.20. The van der Waals surface area contributed by atoms with Crippen molar-refractivity contribution >= 4 is 98.8 Å². The number of esters is 2. The summed E-state index contributed by atoms with van der Waals surface area (Å²) in [7, 11) is 1.09. The zero-order chi connectivity index (χ0) is 41.4. The van der Waals surface area contributed by atoms with Crippen molar-refractivity contribution < 1.29 is 61.4 Å². The Morgan fingerprint density at radius 1 is 0.655 bits per heavy atom. The smallest absolute Gasteiger partial charge is 0.334 e. The highest BCUT2D eigenvalue weighted by Gasteiger charge is 2.30. The van der Waals surface area contributed by atoms with E-state index in [2.05, 4.69) is 38.6 Å². The molecule has 298 valence electrons. The molecule has 0 aliphatic carbocycles. The Hall–Kier alpha value is -4.47. The van der Waals surface area contributed by atoms with Crippen LogP contribution in [-0.4, -0.2) is 105 Å². The van der Waals surface area contributed by atoms with Gasteiger partial charge >= 0.3 is 11.9 Å². The number of amides is 4. The van der Waals surface area contributed by atoms with E-state index in [0.29, 0.717) is 41.4 Å². The minimum Gasteiger partial charge on any atom is -0.467 e. The summed E-state index contributed by atoms with van der Waals surface area (Å²) in [5.41, 5.74) is -0.387. The molecule has 0 heterocycles. The summed E-state index contributed by atoms with van der Waals surface area (Å²) in [4.78, 5) is 112. The van der Waals surface area contributed by atoms with Crippen molar-refractivity contribution in [1.29, 1.82) is 0 Å². The van der Waals surface area contributed by atoms with E-state index < -0.39 is 86.7 Å². The van der Waals surface area contributed by atoms with Crippen LogP contribution in [0.15, 0.2) is 36.4 Å². The summed E-state index contributed by atoms with van der Waals surface area (Å²) in [5.74, 6) is -7.58. The molecule has 2 aromatic carbocycles. The molecule has 4 N–H and O–H groups in total. The van der Waals surface area contributed by atoms with Crippen molar-refractivity contribution in [3.63, 3.8) is 0 Å². The summed E-state index contributed by atoms with van der Waals surface area (Å²) in [6, 6.07) is 1.37. The van der Waals surface area contributed by atoms with Crippen LogP contribution in [0.4, 0.5) is 8.78 Å². The van der Waals surface area contributed by atoms with Gasteiger partial charge in [0.15, 0.2) is 0 Å². The van der Waals surface area contributed by atoms with Gasteiger partial charge in [-0.1, -0.05) is 41.4 Å². The van der Waals surface area contributed by atoms with Gasteiger partial charge in [0.05, 0.1) is 12.7 Å². The fourth-order valence-corrected chi connectivity index (χ4v) is 7.57. The Labute approximate surface area is 332 Å². The number of nitrogens with one attached hydrogen (secondary N) is 4. The Kier molecular flexibility index (Phi) is 19.4. The summed E-state index contributed by atoms with van der Waals surface area (Å²) in [6.07, 6.45) is 0. The first-order chi connectivity index (χ1) is 25.9. The number of hydrogen-bond acceptors (Lipinski definition) is 15. The van der Waals surface area contributed by atoms with Crippen molar-refractivity contribution in [2.75, 3.05) is 30.1 Å². The van der Waals surface area contributed by atoms with E-state index >= 15 is 0 Å². The quantitative estimate of drug-likeness (QED) is 0.0825. The average molecular weight is 845 g/mol. The first-order valence-electron chi connectivity index (χ1n) is 15.9. The highest BCUT2D eigenvalue weighted by molar-refractivity contribution is 8.15. The zero-order valence-corrected chi connectivity index (χ0v) is 33.4. The SMILES string of the molecule is COC(=O)C(CSC(=O)C(CSC(=O)c1cc(-c2ccc(F)cc2F)ccc1OC(=O)C(CSC(=O)C(CS)NC(C)=O)NC(C)=O)NC(C)=O)NC(C)=O. The molecule has 0 fully saturated rings. The molecule has 0 bridgehead atoms. The van der Waals surface area contributed by atoms with E-state index in [0.717, 1.165) is 52.1 Å². The maximum Gasteiger partial charge on any atom is 0.334 e. The number of hydrogen-bond donors (Lipinski definition) is 5. The third-order valence-electron chi connectivity index (χ3n) is 6.85. The van der Waals surface area contributed by atoms with Gasteiger partial charge < -0.3 is 30.7 Å². The molecule has 15 nitrogen and oxygen atoms in total. The fourth-order valence-electron chi connectivity index (χ4n) is 4.43. The summed E-state index contributed by atoms with van der Waals surface area (Å²) in [6.45, 7) is 4.59. The van der Waals surface area contributed by atoms with Gasteiger partial charge in [0.2, 0.25) is 39.0 Å². The minimum absolute atomic E-state index is 0.0526. The number of carbonyl (C=O) groups excluding carboxylic acids is 9. The zero-order valence-electron chi connectivity index (χ0n) is 30.0. The van der Waals surface area contributed by atoms with Crippen molar-refractivity contribution in [3.8, 4) is 16.9 Å². The van der Waals surface area contributed by atoms with Gasteiger partial charge in [-0.15, -0.1) is 0 Å². The number of rotatable bonds is 18. The second-order valence-electron chi connectivity index (χ2n) is 11.3. The molecule has 0 radical (unpaired) electrons. The number of halogens is 2. The maximum absolute atomic E-state index is 14.8. The number of thioether (sulfide) groups is 3. The van der Waals surface area contributed by atoms with Crippen LogP contribution in [0.3, 0.4) is 0 Å². The Morgan fingerprint density at radius 2 is 1.15 bits per heavy atom. The van der Waals surface area contributed by atoms with Crippen LogP contribution in [0.25, 0.3) is 11.1 Å². The number of ether oxygens (including phenoxy) is 2. The molecule has 2 aromatic rings. The molecule has 4 amide bonds. The van der Waals surface area contributed by atoms with E-state index in [-0.39, 0.29) is 45.5 Å². The molecule has 0 saturated carbocycles. The first-order valence-corrected chi connectivity index (χ1v) is 19.5. The van der Waals surface area contributed by atoms with Gasteiger partial charge in [0, 0.05) is 62.3 Å². The van der Waals surface area contributed by atoms with Crippen LogP contribution in [-0.2, 0) is 43.1 Å². The van der Waals surface area contributed by atoms with Crippen LogP contribution in [0.5, 0.6) is 5.75 Å². The first kappa shape index (κ1) is 46.7. The Bertz CT molecular complexity index is 1820. The van der Waals surface area contributed by atoms with Crippen LogP contribution < -0.4 is 26.0 Å². The van der Waals surface area contributed by atoms with Crippen molar-refractivity contribution in [3.05, 3.63) is 53.6 Å². The van der Waals surface area contributed by atoms with Gasteiger partial charge in [-0.2, -0.15) is 12.6 Å². The third kappa shape index (κ3) is 15.7. The Morgan fingerprint density at radius 3 is 1.65 bits per heavy atom. The molecule has 0 spiro atoms. The number of methoxy groups -OCH3 is 1. The lowest BCUT2D eigenvalue weighted by Crippen LogP contribution is -2.45. The van der Waals surface area contributed by atoms with E-state index in [1.165, 1.54) is 13.0 Å². The summed E-state index contributed by atoms with van der Waals surface area (Å²) < 4.78 is 38.7. The van der Waals surface area contributed by atoms with Crippen molar-refractivity contribution in [2.24, 2.45) is 0 Å². The highest BCUT2D eigenvalue weighted by atomic mass is 32.2. The van der Waals surface area contributed by atoms with Crippen molar-refractivity contribution in [1.82, 2.24) is 21.3 Å². The number of benzene rings is 2. The number of carbonyl (C=O) groups is 9. The molecule has 0 aliphatic heterocycles. The topological polar surface area (TPSA) is 220 Å². The van der Waals surface area contributed by atoms with Crippen molar-refractivity contribution in [2.45, 2.75) is 51.9 Å². The normalized spacial score (nSPS) is 12.9. The Balaban J connectivity index is 2.43. The largest absolute Gasteiger partial charge is 0.467 e. The molecule has 2 rings (SSSR count). The van der Waals surface area contributed by atoms with Gasteiger partial charge in [-0.25, -0.2) is 18.4 Å². The van der Waals surface area contributed by atoms with Gasteiger partial charge in [-0.3, -0.25) is 33.6 Å². The monoisotopic (exact) mass is 844 g/mol. The molecule has 4 unspecified atom stereocenters. The predicted octanol–water partition coefficient (Wildman–Crippen LogP) is 2.05. The van der Waals surface area contributed by atoms with Gasteiger partial charge in [0.25, 0.3) is 0 Å². The fraction of sp³-hybridized carbons (Fsp3) is 0.382. The average Bonchev–Trinajstić information content (AvgIpc) is 3.11. The third-order valence-corrected chi connectivity index (χ3v) is 10.3. The second kappa shape index (κ2) is 22.8. The maximum atomic E-state index is 14.8. The van der Waals surface area contributed by atoms with E-state index in [4.69, 9.17) is 4.74 Å². The molecule has 4 atom stereocenters. The van der Waals surface area contributed by atoms with Gasteiger partial charge in [-0.05, 0) is 29.8 Å². The van der Waals surface area contributed by atoms with Gasteiger partial charge in [0.1, 0.15) is 41.6 Å². The van der Waals surface area contributed by atoms with Crippen LogP contribution in [0, 0.1) is 11.6 Å². The predicted molar refractivity (Wildman–Crippen MR) is 205 cm³/mol. The lowest BCUT2D eigenvalue weighted by atomic mass is 10.0. The number of thiol groups is 1. The molecule has 0 saturated heterocycles. The van der Waals surface area contributed by atoms with Crippen LogP contribution >= 0.6 is 47.9 Å². The molecule has 0 aromatic heterocycles. The highest BCUT2D eigenvalue weighted by Crippen LogP contribution is 2.32.